The molecule has 8 heteroatoms. The molecule has 1 saturated heterocycles. The number of carbonyl (C=O) groups is 1. The number of sulfonamides is 1. The van der Waals surface area contributed by atoms with E-state index in [1.54, 1.807) is 12.3 Å². The van der Waals surface area contributed by atoms with Crippen molar-refractivity contribution in [2.45, 2.75) is 30.9 Å². The average Bonchev–Trinajstić information content (AvgIpc) is 2.90. The Morgan fingerprint density at radius 2 is 2.20 bits per heavy atom. The molecule has 0 N–H and O–H groups in total. The van der Waals surface area contributed by atoms with Crippen molar-refractivity contribution in [1.82, 2.24) is 4.31 Å². The lowest BCUT2D eigenvalue weighted by Gasteiger charge is -2.35. The fourth-order valence-electron chi connectivity index (χ4n) is 2.08. The molecule has 20 heavy (non-hydrogen) atoms. The number of methoxy groups -OCH3 is 1. The number of rotatable bonds is 3. The zero-order valence-electron chi connectivity index (χ0n) is 11.5. The fraction of sp³-hybridized carbons (Fsp3) is 0.583. The van der Waals surface area contributed by atoms with Gasteiger partial charge in [0.25, 0.3) is 0 Å². The summed E-state index contributed by atoms with van der Waals surface area (Å²) in [6, 6.07) is 1.18. The fourth-order valence-corrected chi connectivity index (χ4v) is 5.08. The van der Waals surface area contributed by atoms with Crippen LogP contribution in [-0.2, 0) is 19.5 Å². The van der Waals surface area contributed by atoms with Crippen molar-refractivity contribution in [1.29, 1.82) is 0 Å². The number of morpholine rings is 1. The Balaban J connectivity index is 2.40. The van der Waals surface area contributed by atoms with E-state index in [0.29, 0.717) is 6.61 Å². The predicted molar refractivity (Wildman–Crippen MR) is 74.4 cm³/mol. The minimum atomic E-state index is -3.72. The number of esters is 1. The number of thiophene rings is 1. The molecule has 2 atom stereocenters. The first-order chi connectivity index (χ1) is 9.37. The van der Waals surface area contributed by atoms with Gasteiger partial charge in [-0.25, -0.2) is 13.2 Å². The van der Waals surface area contributed by atoms with E-state index in [2.05, 4.69) is 4.74 Å². The van der Waals surface area contributed by atoms with Crippen molar-refractivity contribution in [3.63, 3.8) is 0 Å². The molecule has 0 radical (unpaired) electrons. The van der Waals surface area contributed by atoms with Gasteiger partial charge in [0, 0.05) is 12.6 Å². The summed E-state index contributed by atoms with van der Waals surface area (Å²) in [4.78, 5) is 11.8. The number of hydrogen-bond acceptors (Lipinski definition) is 6. The minimum Gasteiger partial charge on any atom is -0.465 e. The number of carbonyl (C=O) groups excluding carboxylic acids is 1. The highest BCUT2D eigenvalue weighted by Gasteiger charge is 2.37. The summed E-state index contributed by atoms with van der Waals surface area (Å²) in [5.74, 6) is -0.632. The summed E-state index contributed by atoms with van der Waals surface area (Å²) in [7, 11) is -2.49. The smallest absolute Gasteiger partial charge is 0.349 e. The van der Waals surface area contributed by atoms with Crippen LogP contribution in [0.3, 0.4) is 0 Å². The van der Waals surface area contributed by atoms with Crippen LogP contribution < -0.4 is 0 Å². The van der Waals surface area contributed by atoms with Crippen LogP contribution in [0.5, 0.6) is 0 Å². The van der Waals surface area contributed by atoms with Gasteiger partial charge >= 0.3 is 5.97 Å². The largest absolute Gasteiger partial charge is 0.465 e. The average molecular weight is 319 g/mol. The Morgan fingerprint density at radius 3 is 2.85 bits per heavy atom. The summed E-state index contributed by atoms with van der Waals surface area (Å²) in [5, 5.41) is 1.58. The molecule has 0 unspecified atom stereocenters. The maximum absolute atomic E-state index is 12.7. The zero-order chi connectivity index (χ0) is 14.9. The van der Waals surface area contributed by atoms with Gasteiger partial charge in [-0.15, -0.1) is 11.3 Å². The monoisotopic (exact) mass is 319 g/mol. The maximum atomic E-state index is 12.7. The van der Waals surface area contributed by atoms with Crippen molar-refractivity contribution in [2.24, 2.45) is 0 Å². The van der Waals surface area contributed by atoms with Crippen LogP contribution >= 0.6 is 11.3 Å². The maximum Gasteiger partial charge on any atom is 0.349 e. The van der Waals surface area contributed by atoms with Gasteiger partial charge in [-0.1, -0.05) is 0 Å². The summed E-state index contributed by atoms with van der Waals surface area (Å²) >= 11 is 1.06. The van der Waals surface area contributed by atoms with Crippen molar-refractivity contribution < 1.29 is 22.7 Å². The van der Waals surface area contributed by atoms with E-state index in [9.17, 15) is 13.2 Å². The molecule has 0 aliphatic carbocycles. The molecule has 1 aliphatic heterocycles. The molecular weight excluding hydrogens is 302 g/mol. The molecule has 1 aromatic heterocycles. The van der Waals surface area contributed by atoms with Gasteiger partial charge in [-0.2, -0.15) is 4.31 Å². The zero-order valence-corrected chi connectivity index (χ0v) is 13.2. The van der Waals surface area contributed by atoms with Gasteiger partial charge in [0.1, 0.15) is 9.77 Å². The van der Waals surface area contributed by atoms with E-state index in [0.717, 1.165) is 11.3 Å². The number of nitrogens with zero attached hydrogens (tertiary/aromatic N) is 1. The van der Waals surface area contributed by atoms with Gasteiger partial charge in [0.05, 0.1) is 19.8 Å². The van der Waals surface area contributed by atoms with Crippen molar-refractivity contribution in [3.8, 4) is 0 Å². The van der Waals surface area contributed by atoms with Gasteiger partial charge < -0.3 is 9.47 Å². The first kappa shape index (κ1) is 15.4. The topological polar surface area (TPSA) is 72.9 Å². The Labute approximate surface area is 122 Å². The second-order valence-corrected chi connectivity index (χ2v) is 7.45. The van der Waals surface area contributed by atoms with E-state index in [-0.39, 0.29) is 28.5 Å². The lowest BCUT2D eigenvalue weighted by atomic mass is 10.2. The van der Waals surface area contributed by atoms with E-state index >= 15 is 0 Å². The molecule has 112 valence electrons. The summed E-state index contributed by atoms with van der Waals surface area (Å²) in [6.07, 6.45) is -0.166. The molecule has 0 saturated carbocycles. The third-order valence-electron chi connectivity index (χ3n) is 3.14. The Morgan fingerprint density at radius 1 is 1.50 bits per heavy atom. The predicted octanol–water partition coefficient (Wildman–Crippen LogP) is 1.33. The normalized spacial score (nSPS) is 24.6. The molecule has 1 aliphatic rings. The summed E-state index contributed by atoms with van der Waals surface area (Å²) in [6.45, 7) is 4.23. The second-order valence-electron chi connectivity index (χ2n) is 4.67. The van der Waals surface area contributed by atoms with Gasteiger partial charge in [-0.3, -0.25) is 0 Å². The summed E-state index contributed by atoms with van der Waals surface area (Å²) < 4.78 is 36.9. The first-order valence-corrected chi connectivity index (χ1v) is 8.49. The lowest BCUT2D eigenvalue weighted by molar-refractivity contribution is -0.0170. The minimum absolute atomic E-state index is 0.00954. The van der Waals surface area contributed by atoms with Crippen LogP contribution in [0.2, 0.25) is 0 Å². The molecule has 2 rings (SSSR count). The van der Waals surface area contributed by atoms with Crippen molar-refractivity contribution in [3.05, 3.63) is 16.3 Å². The molecule has 0 aromatic carbocycles. The molecule has 6 nitrogen and oxygen atoms in total. The first-order valence-electron chi connectivity index (χ1n) is 6.17. The molecule has 0 bridgehead atoms. The van der Waals surface area contributed by atoms with Crippen LogP contribution in [0.1, 0.15) is 23.5 Å². The molecule has 1 aromatic rings. The third-order valence-corrected chi connectivity index (χ3v) is 6.18. The molecule has 2 heterocycles. The Bertz CT molecular complexity index is 595. The standard InChI is InChI=1S/C12H17NO5S2/c1-8-7-18-9(2)6-13(8)20(15,16)10-4-5-19-11(10)12(14)17-3/h4-5,8-9H,6-7H2,1-3H3/t8-,9+/m0/s1. The highest BCUT2D eigenvalue weighted by atomic mass is 32.2. The summed E-state index contributed by atoms with van der Waals surface area (Å²) in [5.41, 5.74) is 0. The van der Waals surface area contributed by atoms with E-state index in [1.165, 1.54) is 17.5 Å². The van der Waals surface area contributed by atoms with Crippen LogP contribution in [0, 0.1) is 0 Å². The highest BCUT2D eigenvalue weighted by molar-refractivity contribution is 7.89. The van der Waals surface area contributed by atoms with Gasteiger partial charge in [0.15, 0.2) is 0 Å². The number of ether oxygens (including phenoxy) is 2. The van der Waals surface area contributed by atoms with Crippen molar-refractivity contribution in [2.75, 3.05) is 20.3 Å². The SMILES string of the molecule is COC(=O)c1sccc1S(=O)(=O)N1C[C@@H](C)OC[C@@H]1C. The van der Waals surface area contributed by atoms with E-state index in [4.69, 9.17) is 4.74 Å². The quantitative estimate of drug-likeness (QED) is 0.786. The van der Waals surface area contributed by atoms with Crippen LogP contribution in [0.15, 0.2) is 16.3 Å². The highest BCUT2D eigenvalue weighted by Crippen LogP contribution is 2.28. The van der Waals surface area contributed by atoms with Gasteiger partial charge in [-0.05, 0) is 25.3 Å². The third kappa shape index (κ3) is 2.73. The molecular formula is C12H17NO5S2. The van der Waals surface area contributed by atoms with E-state index in [1.807, 2.05) is 6.92 Å². The van der Waals surface area contributed by atoms with Crippen molar-refractivity contribution >= 4 is 27.3 Å². The molecule has 0 spiro atoms. The van der Waals surface area contributed by atoms with Crippen LogP contribution in [0.25, 0.3) is 0 Å². The van der Waals surface area contributed by atoms with E-state index < -0.39 is 16.0 Å². The number of hydrogen-bond donors (Lipinski definition) is 0. The Kier molecular flexibility index (Phi) is 4.48. The Hall–Kier alpha value is -0.960. The van der Waals surface area contributed by atoms with Crippen LogP contribution in [-0.4, -0.2) is 51.1 Å². The second kappa shape index (κ2) is 5.80. The molecule has 1 fully saturated rings. The van der Waals surface area contributed by atoms with Crippen LogP contribution in [0.4, 0.5) is 0 Å². The molecule has 0 amide bonds. The lowest BCUT2D eigenvalue weighted by Crippen LogP contribution is -2.50. The van der Waals surface area contributed by atoms with Gasteiger partial charge in [0.2, 0.25) is 10.0 Å².